The number of nitro benzene ring substituents is 1. The minimum Gasteiger partial charge on any atom is -0.375 e. The fourth-order valence-corrected chi connectivity index (χ4v) is 2.22. The van der Waals surface area contributed by atoms with Crippen molar-refractivity contribution in [3.05, 3.63) is 69.8 Å². The number of anilines is 1. The summed E-state index contributed by atoms with van der Waals surface area (Å²) in [5.41, 5.74) is 7.02. The average Bonchev–Trinajstić information content (AvgIpc) is 2.64. The van der Waals surface area contributed by atoms with Gasteiger partial charge in [0.05, 0.1) is 4.92 Å². The number of benzene rings is 2. The van der Waals surface area contributed by atoms with Gasteiger partial charge < -0.3 is 16.4 Å². The Kier molecular flexibility index (Phi) is 6.47. The van der Waals surface area contributed by atoms with Gasteiger partial charge in [0.2, 0.25) is 0 Å². The van der Waals surface area contributed by atoms with Gasteiger partial charge in [0.15, 0.2) is 0 Å². The van der Waals surface area contributed by atoms with E-state index in [2.05, 4.69) is 10.6 Å². The molecule has 0 aliphatic rings. The second-order valence-corrected chi connectivity index (χ2v) is 5.88. The van der Waals surface area contributed by atoms with Crippen molar-refractivity contribution in [2.45, 2.75) is 13.5 Å². The van der Waals surface area contributed by atoms with Gasteiger partial charge in [-0.1, -0.05) is 37.3 Å². The van der Waals surface area contributed by atoms with Crippen molar-refractivity contribution >= 4 is 17.3 Å². The summed E-state index contributed by atoms with van der Waals surface area (Å²) < 4.78 is 0. The largest absolute Gasteiger partial charge is 0.375 e. The number of nitrogens with one attached hydrogen (secondary N) is 2. The maximum Gasteiger partial charge on any atom is 0.293 e. The molecular formula is C18H22N4O3. The topological polar surface area (TPSA) is 110 Å². The van der Waals surface area contributed by atoms with E-state index in [9.17, 15) is 14.9 Å². The highest BCUT2D eigenvalue weighted by Crippen LogP contribution is 2.26. The Labute approximate surface area is 146 Å². The summed E-state index contributed by atoms with van der Waals surface area (Å²) in [4.78, 5) is 23.0. The molecule has 2 rings (SSSR count). The summed E-state index contributed by atoms with van der Waals surface area (Å²) in [6, 6.07) is 14.0. The van der Waals surface area contributed by atoms with Gasteiger partial charge in [-0.2, -0.15) is 0 Å². The fourth-order valence-electron chi connectivity index (χ4n) is 2.22. The van der Waals surface area contributed by atoms with Gasteiger partial charge in [0.1, 0.15) is 5.69 Å². The number of amides is 1. The maximum absolute atomic E-state index is 12.1. The summed E-state index contributed by atoms with van der Waals surface area (Å²) in [6.07, 6.45) is 0. The van der Waals surface area contributed by atoms with E-state index in [1.807, 2.05) is 37.3 Å². The van der Waals surface area contributed by atoms with Crippen LogP contribution < -0.4 is 16.4 Å². The molecule has 0 aliphatic heterocycles. The second-order valence-electron chi connectivity index (χ2n) is 5.88. The van der Waals surface area contributed by atoms with Gasteiger partial charge in [0.25, 0.3) is 11.6 Å². The predicted molar refractivity (Wildman–Crippen MR) is 97.4 cm³/mol. The number of rotatable bonds is 8. The molecule has 1 unspecified atom stereocenters. The van der Waals surface area contributed by atoms with E-state index in [1.165, 1.54) is 6.07 Å². The van der Waals surface area contributed by atoms with Crippen molar-refractivity contribution < 1.29 is 9.72 Å². The molecular weight excluding hydrogens is 320 g/mol. The summed E-state index contributed by atoms with van der Waals surface area (Å²) in [6.45, 7) is 3.26. The summed E-state index contributed by atoms with van der Waals surface area (Å²) in [7, 11) is 0. The molecule has 7 heteroatoms. The summed E-state index contributed by atoms with van der Waals surface area (Å²) in [5.74, 6) is -0.205. The van der Waals surface area contributed by atoms with Crippen molar-refractivity contribution in [2.24, 2.45) is 11.7 Å². The van der Waals surface area contributed by atoms with Crippen LogP contribution in [0.25, 0.3) is 0 Å². The maximum atomic E-state index is 12.1. The zero-order valence-corrected chi connectivity index (χ0v) is 14.1. The van der Waals surface area contributed by atoms with Crippen LogP contribution in [0.1, 0.15) is 22.8 Å². The summed E-state index contributed by atoms with van der Waals surface area (Å²) in [5, 5.41) is 17.1. The highest BCUT2D eigenvalue weighted by Gasteiger charge is 2.17. The quantitative estimate of drug-likeness (QED) is 0.504. The molecule has 2 aromatic carbocycles. The van der Waals surface area contributed by atoms with Crippen LogP contribution in [0.2, 0.25) is 0 Å². The van der Waals surface area contributed by atoms with Crippen LogP contribution >= 0.6 is 0 Å². The SMILES string of the molecule is CC(CN)CNC(=O)c1ccc(NCc2ccccc2)c([N+](=O)[O-])c1. The Morgan fingerprint density at radius 2 is 1.96 bits per heavy atom. The highest BCUT2D eigenvalue weighted by atomic mass is 16.6. The summed E-state index contributed by atoms with van der Waals surface area (Å²) >= 11 is 0. The lowest BCUT2D eigenvalue weighted by molar-refractivity contribution is -0.384. The molecule has 2 aromatic rings. The van der Waals surface area contributed by atoms with Crippen LogP contribution in [0.3, 0.4) is 0 Å². The van der Waals surface area contributed by atoms with Crippen molar-refractivity contribution in [3.63, 3.8) is 0 Å². The molecule has 0 aliphatic carbocycles. The Morgan fingerprint density at radius 1 is 1.24 bits per heavy atom. The number of nitrogens with zero attached hydrogens (tertiary/aromatic N) is 1. The third-order valence-electron chi connectivity index (χ3n) is 3.80. The molecule has 4 N–H and O–H groups in total. The number of hydrogen-bond acceptors (Lipinski definition) is 5. The number of carbonyl (C=O) groups is 1. The molecule has 0 bridgehead atoms. The number of nitrogens with two attached hydrogens (primary N) is 1. The minimum atomic E-state index is -0.493. The van der Waals surface area contributed by atoms with Gasteiger partial charge in [-0.05, 0) is 30.2 Å². The highest BCUT2D eigenvalue weighted by molar-refractivity contribution is 5.95. The Hall–Kier alpha value is -2.93. The monoisotopic (exact) mass is 342 g/mol. The molecule has 25 heavy (non-hydrogen) atoms. The van der Waals surface area contributed by atoms with E-state index in [1.54, 1.807) is 12.1 Å². The predicted octanol–water partition coefficient (Wildman–Crippen LogP) is 2.53. The first-order chi connectivity index (χ1) is 12.0. The second kappa shape index (κ2) is 8.79. The van der Waals surface area contributed by atoms with Crippen molar-refractivity contribution in [1.82, 2.24) is 5.32 Å². The molecule has 0 radical (unpaired) electrons. The molecule has 0 saturated carbocycles. The van der Waals surface area contributed by atoms with E-state index < -0.39 is 4.92 Å². The van der Waals surface area contributed by atoms with Gasteiger partial charge in [0, 0.05) is 24.7 Å². The van der Waals surface area contributed by atoms with Gasteiger partial charge in [-0.3, -0.25) is 14.9 Å². The molecule has 0 heterocycles. The van der Waals surface area contributed by atoms with Gasteiger partial charge in [-0.25, -0.2) is 0 Å². The lowest BCUT2D eigenvalue weighted by atomic mass is 10.1. The molecule has 1 atom stereocenters. The lowest BCUT2D eigenvalue weighted by Gasteiger charge is -2.11. The molecule has 0 aromatic heterocycles. The number of hydrogen-bond donors (Lipinski definition) is 3. The molecule has 0 spiro atoms. The van der Waals surface area contributed by atoms with E-state index in [-0.39, 0.29) is 23.1 Å². The Balaban J connectivity index is 2.11. The van der Waals surface area contributed by atoms with Gasteiger partial charge >= 0.3 is 0 Å². The van der Waals surface area contributed by atoms with Crippen LogP contribution in [-0.4, -0.2) is 23.9 Å². The Bertz CT molecular complexity index is 734. The van der Waals surface area contributed by atoms with Crippen molar-refractivity contribution in [3.8, 4) is 0 Å². The van der Waals surface area contributed by atoms with Gasteiger partial charge in [-0.15, -0.1) is 0 Å². The minimum absolute atomic E-state index is 0.129. The van der Waals surface area contributed by atoms with Crippen LogP contribution in [0.4, 0.5) is 11.4 Å². The van der Waals surface area contributed by atoms with E-state index >= 15 is 0 Å². The molecule has 0 saturated heterocycles. The van der Waals surface area contributed by atoms with Crippen LogP contribution in [0.15, 0.2) is 48.5 Å². The number of nitro groups is 1. The molecule has 7 nitrogen and oxygen atoms in total. The van der Waals surface area contributed by atoms with E-state index in [0.29, 0.717) is 25.3 Å². The third kappa shape index (κ3) is 5.29. The van der Waals surface area contributed by atoms with E-state index in [0.717, 1.165) is 5.56 Å². The molecule has 0 fully saturated rings. The smallest absolute Gasteiger partial charge is 0.293 e. The fraction of sp³-hybridized carbons (Fsp3) is 0.278. The number of carbonyl (C=O) groups excluding carboxylic acids is 1. The first kappa shape index (κ1) is 18.4. The lowest BCUT2D eigenvalue weighted by Crippen LogP contribution is -2.31. The zero-order chi connectivity index (χ0) is 18.2. The van der Waals surface area contributed by atoms with Crippen LogP contribution in [0, 0.1) is 16.0 Å². The van der Waals surface area contributed by atoms with Crippen molar-refractivity contribution in [1.29, 1.82) is 0 Å². The molecule has 1 amide bonds. The van der Waals surface area contributed by atoms with Crippen molar-refractivity contribution in [2.75, 3.05) is 18.4 Å². The first-order valence-corrected chi connectivity index (χ1v) is 8.05. The van der Waals surface area contributed by atoms with Crippen LogP contribution in [0.5, 0.6) is 0 Å². The zero-order valence-electron chi connectivity index (χ0n) is 14.1. The Morgan fingerprint density at radius 3 is 2.60 bits per heavy atom. The van der Waals surface area contributed by atoms with E-state index in [4.69, 9.17) is 5.73 Å². The average molecular weight is 342 g/mol. The standard InChI is InChI=1S/C18H22N4O3/c1-13(10-19)11-21-18(23)15-7-8-16(17(9-15)22(24)25)20-12-14-5-3-2-4-6-14/h2-9,13,20H,10-12,19H2,1H3,(H,21,23). The third-order valence-corrected chi connectivity index (χ3v) is 3.80. The van der Waals surface area contributed by atoms with Crippen LogP contribution in [-0.2, 0) is 6.54 Å². The normalized spacial score (nSPS) is 11.6. The first-order valence-electron chi connectivity index (χ1n) is 8.05. The molecule has 132 valence electrons.